The number of amides is 2. The fourth-order valence-corrected chi connectivity index (χ4v) is 6.95. The smallest absolute Gasteiger partial charge is 0.253 e. The van der Waals surface area contributed by atoms with Gasteiger partial charge in [-0.2, -0.15) is 0 Å². The topological polar surface area (TPSA) is 107 Å². The van der Waals surface area contributed by atoms with Crippen molar-refractivity contribution in [2.45, 2.75) is 72.5 Å². The van der Waals surface area contributed by atoms with E-state index in [-0.39, 0.29) is 30.0 Å². The van der Waals surface area contributed by atoms with E-state index in [1.165, 1.54) is 5.56 Å². The van der Waals surface area contributed by atoms with Crippen molar-refractivity contribution in [1.82, 2.24) is 20.5 Å². The van der Waals surface area contributed by atoms with Gasteiger partial charge in [-0.1, -0.05) is 24.3 Å². The molecule has 0 spiro atoms. The molecular formula is C37H49N5O4. The van der Waals surface area contributed by atoms with Crippen LogP contribution >= 0.6 is 0 Å². The molecule has 2 heterocycles. The highest BCUT2D eigenvalue weighted by atomic mass is 16.5. The third-order valence-corrected chi connectivity index (χ3v) is 9.54. The molecule has 0 atom stereocenters. The molecule has 2 fully saturated rings. The van der Waals surface area contributed by atoms with E-state index in [1.807, 2.05) is 32.9 Å². The molecule has 2 aliphatic rings. The molecule has 0 radical (unpaired) electrons. The Morgan fingerprint density at radius 1 is 0.978 bits per heavy atom. The molecule has 5 rings (SSSR count). The molecule has 246 valence electrons. The highest BCUT2D eigenvalue weighted by Gasteiger charge is 2.24. The summed E-state index contributed by atoms with van der Waals surface area (Å²) < 4.78 is 5.50. The highest BCUT2D eigenvalue weighted by molar-refractivity contribution is 5.99. The summed E-state index contributed by atoms with van der Waals surface area (Å²) in [6.07, 6.45) is 4.07. The summed E-state index contributed by atoms with van der Waals surface area (Å²) in [7, 11) is 2.11. The van der Waals surface area contributed by atoms with E-state index >= 15 is 0 Å². The molecule has 0 bridgehead atoms. The maximum atomic E-state index is 13.8. The van der Waals surface area contributed by atoms with E-state index in [4.69, 9.17) is 4.74 Å². The second-order valence-electron chi connectivity index (χ2n) is 13.2. The zero-order valence-electron chi connectivity index (χ0n) is 28.0. The first-order valence-corrected chi connectivity index (χ1v) is 16.6. The summed E-state index contributed by atoms with van der Waals surface area (Å²) in [5.41, 5.74) is 7.87. The van der Waals surface area contributed by atoms with Gasteiger partial charge in [-0.3, -0.25) is 19.3 Å². The Morgan fingerprint density at radius 2 is 1.67 bits per heavy atom. The summed E-state index contributed by atoms with van der Waals surface area (Å²) >= 11 is 0. The Hall–Kier alpha value is -3.95. The Balaban J connectivity index is 1.39. The largest absolute Gasteiger partial charge is 0.379 e. The number of aryl methyl sites for hydroxylation is 2. The predicted octanol–water partition coefficient (Wildman–Crippen LogP) is 4.86. The minimum Gasteiger partial charge on any atom is -0.379 e. The number of hydrogen-bond donors (Lipinski definition) is 3. The van der Waals surface area contributed by atoms with Gasteiger partial charge in [0, 0.05) is 75.2 Å². The zero-order valence-corrected chi connectivity index (χ0v) is 28.0. The third-order valence-electron chi connectivity index (χ3n) is 9.54. The first-order valence-electron chi connectivity index (χ1n) is 16.6. The van der Waals surface area contributed by atoms with Crippen molar-refractivity contribution in [3.05, 3.63) is 86.3 Å². The second-order valence-corrected chi connectivity index (χ2v) is 13.2. The minimum atomic E-state index is -0.201. The number of pyridine rings is 1. The monoisotopic (exact) mass is 627 g/mol. The van der Waals surface area contributed by atoms with Crippen LogP contribution in [0.2, 0.25) is 0 Å². The number of aromatic amines is 1. The van der Waals surface area contributed by atoms with Crippen molar-refractivity contribution in [3.63, 3.8) is 0 Å². The van der Waals surface area contributed by atoms with Crippen LogP contribution in [0.25, 0.3) is 11.1 Å². The van der Waals surface area contributed by atoms with Crippen LogP contribution in [0.1, 0.15) is 70.9 Å². The fourth-order valence-electron chi connectivity index (χ4n) is 6.95. The lowest BCUT2D eigenvalue weighted by Crippen LogP contribution is -2.38. The van der Waals surface area contributed by atoms with E-state index in [0.29, 0.717) is 17.0 Å². The van der Waals surface area contributed by atoms with Crippen molar-refractivity contribution in [2.24, 2.45) is 5.92 Å². The molecule has 46 heavy (non-hydrogen) atoms. The standard InChI is InChI=1S/C37H49N5O4/c1-24-18-25(2)39-37(45)34(24)21-38-36(44)33-19-31(30-10-6-29(7-11-30)23-42-14-16-46-17-15-42)20-35(26(33)3)41(5)22-28-8-12-32(13-9-28)40-27(4)43/h6-7,10-11,18-20,28,32H,8-9,12-17,21-23H2,1-5H3,(H,38,44)(H,39,45)(H,40,43). The van der Waals surface area contributed by atoms with Crippen molar-refractivity contribution < 1.29 is 14.3 Å². The SMILES string of the molecule is CC(=O)NC1CCC(CN(C)c2cc(-c3ccc(CN4CCOCC4)cc3)cc(C(=O)NCc3c(C)cc(C)[nH]c3=O)c2C)CC1. The quantitative estimate of drug-likeness (QED) is 0.297. The average Bonchev–Trinajstić information content (AvgIpc) is 3.02. The van der Waals surface area contributed by atoms with Gasteiger partial charge in [0.15, 0.2) is 0 Å². The molecule has 3 aromatic rings. The lowest BCUT2D eigenvalue weighted by atomic mass is 9.85. The molecule has 2 amide bonds. The normalized spacial score (nSPS) is 18.6. The summed E-state index contributed by atoms with van der Waals surface area (Å²) in [5.74, 6) is 0.342. The molecule has 1 saturated carbocycles. The maximum absolute atomic E-state index is 13.8. The number of nitrogens with one attached hydrogen (secondary N) is 3. The van der Waals surface area contributed by atoms with Crippen LogP contribution in [0.15, 0.2) is 47.3 Å². The molecule has 1 saturated heterocycles. The van der Waals surface area contributed by atoms with Gasteiger partial charge in [0.1, 0.15) is 0 Å². The summed E-state index contributed by atoms with van der Waals surface area (Å²) in [5, 5.41) is 6.11. The molecule has 9 heteroatoms. The molecule has 3 N–H and O–H groups in total. The Labute approximate surface area is 272 Å². The van der Waals surface area contributed by atoms with Gasteiger partial charge in [-0.25, -0.2) is 0 Å². The zero-order chi connectivity index (χ0) is 32.8. The summed E-state index contributed by atoms with van der Waals surface area (Å²) in [6.45, 7) is 12.7. The number of carbonyl (C=O) groups is 2. The molecule has 0 unspecified atom stereocenters. The molecule has 1 aliphatic heterocycles. The van der Waals surface area contributed by atoms with Gasteiger partial charge < -0.3 is 25.3 Å². The number of benzene rings is 2. The number of morpholine rings is 1. The number of aromatic nitrogens is 1. The number of anilines is 1. The van der Waals surface area contributed by atoms with E-state index in [1.54, 1.807) is 6.92 Å². The van der Waals surface area contributed by atoms with Gasteiger partial charge in [-0.15, -0.1) is 0 Å². The van der Waals surface area contributed by atoms with Gasteiger partial charge in [0.2, 0.25) is 5.91 Å². The van der Waals surface area contributed by atoms with Gasteiger partial charge in [0.25, 0.3) is 11.5 Å². The molecular weight excluding hydrogens is 578 g/mol. The van der Waals surface area contributed by atoms with Crippen LogP contribution in [0.4, 0.5) is 5.69 Å². The number of nitrogens with zero attached hydrogens (tertiary/aromatic N) is 2. The van der Waals surface area contributed by atoms with Crippen molar-refractivity contribution in [1.29, 1.82) is 0 Å². The molecule has 1 aromatic heterocycles. The minimum absolute atomic E-state index is 0.0371. The molecule has 1 aliphatic carbocycles. The van der Waals surface area contributed by atoms with Crippen LogP contribution < -0.4 is 21.1 Å². The maximum Gasteiger partial charge on any atom is 0.253 e. The van der Waals surface area contributed by atoms with E-state index in [0.717, 1.165) is 98.7 Å². The van der Waals surface area contributed by atoms with Crippen LogP contribution in [0, 0.1) is 26.7 Å². The lowest BCUT2D eigenvalue weighted by molar-refractivity contribution is -0.119. The van der Waals surface area contributed by atoms with Crippen molar-refractivity contribution in [2.75, 3.05) is 44.8 Å². The Kier molecular flexibility index (Phi) is 11.0. The highest BCUT2D eigenvalue weighted by Crippen LogP contribution is 2.33. The number of hydrogen-bond acceptors (Lipinski definition) is 6. The Morgan fingerprint density at radius 3 is 2.33 bits per heavy atom. The number of rotatable bonds is 10. The van der Waals surface area contributed by atoms with Crippen LogP contribution in [-0.2, 0) is 22.6 Å². The number of carbonyl (C=O) groups excluding carboxylic acids is 2. The fraction of sp³-hybridized carbons (Fsp3) is 0.486. The predicted molar refractivity (Wildman–Crippen MR) is 183 cm³/mol. The van der Waals surface area contributed by atoms with E-state index < -0.39 is 0 Å². The summed E-state index contributed by atoms with van der Waals surface area (Å²) in [4.78, 5) is 45.5. The van der Waals surface area contributed by atoms with Crippen LogP contribution in [0.5, 0.6) is 0 Å². The van der Waals surface area contributed by atoms with E-state index in [2.05, 4.69) is 62.8 Å². The first-order chi connectivity index (χ1) is 22.1. The van der Waals surface area contributed by atoms with E-state index in [9.17, 15) is 14.4 Å². The summed E-state index contributed by atoms with van der Waals surface area (Å²) in [6, 6.07) is 15.0. The Bertz CT molecular complexity index is 1580. The van der Waals surface area contributed by atoms with Gasteiger partial charge >= 0.3 is 0 Å². The van der Waals surface area contributed by atoms with Crippen molar-refractivity contribution >= 4 is 17.5 Å². The van der Waals surface area contributed by atoms with Gasteiger partial charge in [-0.05, 0) is 98.4 Å². The second kappa shape index (κ2) is 15.1. The lowest BCUT2D eigenvalue weighted by Gasteiger charge is -2.33. The first kappa shape index (κ1) is 33.4. The molecule has 9 nitrogen and oxygen atoms in total. The number of ether oxygens (including phenoxy) is 1. The van der Waals surface area contributed by atoms with Crippen LogP contribution in [-0.4, -0.2) is 67.6 Å². The average molecular weight is 628 g/mol. The third kappa shape index (κ3) is 8.44. The van der Waals surface area contributed by atoms with Crippen LogP contribution in [0.3, 0.4) is 0 Å². The van der Waals surface area contributed by atoms with Gasteiger partial charge in [0.05, 0.1) is 13.2 Å². The number of H-pyrrole nitrogens is 1. The van der Waals surface area contributed by atoms with Crippen molar-refractivity contribution in [3.8, 4) is 11.1 Å². The molecule has 2 aromatic carbocycles.